The van der Waals surface area contributed by atoms with Crippen LogP contribution in [0.3, 0.4) is 0 Å². The van der Waals surface area contributed by atoms with Gasteiger partial charge in [0.15, 0.2) is 5.16 Å². The van der Waals surface area contributed by atoms with Crippen LogP contribution in [0.5, 0.6) is 0 Å². The molecule has 0 aliphatic rings. The summed E-state index contributed by atoms with van der Waals surface area (Å²) in [5, 5.41) is 11.8. The summed E-state index contributed by atoms with van der Waals surface area (Å²) < 4.78 is 15.0. The summed E-state index contributed by atoms with van der Waals surface area (Å²) >= 11 is 1.29. The van der Waals surface area contributed by atoms with Gasteiger partial charge in [-0.3, -0.25) is 9.36 Å². The van der Waals surface area contributed by atoms with Crippen LogP contribution in [0.15, 0.2) is 41.6 Å². The molecule has 140 valence electrons. The Bertz CT molecular complexity index is 959. The lowest BCUT2D eigenvalue weighted by molar-refractivity contribution is -0.113. The average Bonchev–Trinajstić information content (AvgIpc) is 2.98. The van der Waals surface area contributed by atoms with Gasteiger partial charge >= 0.3 is 0 Å². The molecule has 0 saturated heterocycles. The number of rotatable bonds is 5. The summed E-state index contributed by atoms with van der Waals surface area (Å²) in [6, 6.07) is 10.2. The smallest absolute Gasteiger partial charge is 0.234 e. The Hall–Kier alpha value is -2.67. The van der Waals surface area contributed by atoms with Crippen molar-refractivity contribution in [1.82, 2.24) is 14.8 Å². The molecule has 0 bridgehead atoms. The molecule has 0 aliphatic carbocycles. The molecule has 3 aromatic rings. The van der Waals surface area contributed by atoms with Gasteiger partial charge in [-0.2, -0.15) is 0 Å². The molecule has 1 aromatic heterocycles. The Kier molecular flexibility index (Phi) is 5.60. The molecule has 3 rings (SSSR count). The maximum absolute atomic E-state index is 13.2. The Labute approximate surface area is 162 Å². The van der Waals surface area contributed by atoms with Crippen LogP contribution >= 0.6 is 11.8 Å². The highest BCUT2D eigenvalue weighted by molar-refractivity contribution is 7.99. The number of aromatic nitrogens is 3. The molecule has 0 spiro atoms. The predicted molar refractivity (Wildman–Crippen MR) is 106 cm³/mol. The van der Waals surface area contributed by atoms with Crippen LogP contribution in [-0.2, 0) is 4.79 Å². The van der Waals surface area contributed by atoms with Gasteiger partial charge in [-0.15, -0.1) is 10.2 Å². The second-order valence-corrected chi connectivity index (χ2v) is 7.39. The first-order valence-electron chi connectivity index (χ1n) is 8.53. The monoisotopic (exact) mass is 384 g/mol. The molecule has 0 aliphatic heterocycles. The molecule has 7 heteroatoms. The van der Waals surface area contributed by atoms with Crippen LogP contribution in [0.2, 0.25) is 0 Å². The van der Waals surface area contributed by atoms with Crippen molar-refractivity contribution < 1.29 is 9.18 Å². The fourth-order valence-electron chi connectivity index (χ4n) is 3.01. The van der Waals surface area contributed by atoms with E-state index in [2.05, 4.69) is 15.5 Å². The zero-order valence-electron chi connectivity index (χ0n) is 15.7. The highest BCUT2D eigenvalue weighted by Crippen LogP contribution is 2.24. The molecule has 1 amide bonds. The van der Waals surface area contributed by atoms with E-state index >= 15 is 0 Å². The zero-order chi connectivity index (χ0) is 19.6. The summed E-state index contributed by atoms with van der Waals surface area (Å²) in [7, 11) is 0. The van der Waals surface area contributed by atoms with E-state index in [9.17, 15) is 9.18 Å². The van der Waals surface area contributed by atoms with Crippen LogP contribution < -0.4 is 5.32 Å². The van der Waals surface area contributed by atoms with Gasteiger partial charge < -0.3 is 5.32 Å². The molecular formula is C20H21FN4OS. The van der Waals surface area contributed by atoms with E-state index in [4.69, 9.17) is 0 Å². The number of thioether (sulfide) groups is 1. The van der Waals surface area contributed by atoms with Crippen molar-refractivity contribution in [3.8, 4) is 5.69 Å². The number of nitrogens with zero attached hydrogens (tertiary/aromatic N) is 3. The zero-order valence-corrected chi connectivity index (χ0v) is 16.5. The van der Waals surface area contributed by atoms with E-state index in [0.29, 0.717) is 11.0 Å². The van der Waals surface area contributed by atoms with Gasteiger partial charge in [0.1, 0.15) is 11.6 Å². The number of benzene rings is 2. The molecule has 1 heterocycles. The molecule has 0 saturated carbocycles. The van der Waals surface area contributed by atoms with Crippen molar-refractivity contribution in [1.29, 1.82) is 0 Å². The number of hydrogen-bond donors (Lipinski definition) is 1. The minimum atomic E-state index is -0.304. The number of hydrogen-bond acceptors (Lipinski definition) is 4. The second kappa shape index (κ2) is 7.92. The molecule has 27 heavy (non-hydrogen) atoms. The van der Waals surface area contributed by atoms with Gasteiger partial charge in [-0.1, -0.05) is 29.5 Å². The average molecular weight is 384 g/mol. The predicted octanol–water partition coefficient (Wildman–Crippen LogP) is 4.37. The largest absolute Gasteiger partial charge is 0.325 e. The van der Waals surface area contributed by atoms with E-state index in [1.54, 1.807) is 16.7 Å². The van der Waals surface area contributed by atoms with Crippen LogP contribution in [0.1, 0.15) is 22.5 Å². The fraction of sp³-hybridized carbons (Fsp3) is 0.250. The lowest BCUT2D eigenvalue weighted by Crippen LogP contribution is -2.16. The fourth-order valence-corrected chi connectivity index (χ4v) is 3.80. The van der Waals surface area contributed by atoms with Crippen molar-refractivity contribution in [2.45, 2.75) is 32.9 Å². The number of carbonyl (C=O) groups excluding carboxylic acids is 1. The van der Waals surface area contributed by atoms with E-state index in [-0.39, 0.29) is 17.5 Å². The molecule has 2 aromatic carbocycles. The maximum atomic E-state index is 13.2. The van der Waals surface area contributed by atoms with Gasteiger partial charge in [-0.05, 0) is 63.1 Å². The number of nitrogens with one attached hydrogen (secondary N) is 1. The van der Waals surface area contributed by atoms with Crippen LogP contribution in [-0.4, -0.2) is 26.4 Å². The lowest BCUT2D eigenvalue weighted by atomic mass is 10.1. The molecular weight excluding hydrogens is 363 g/mol. The van der Waals surface area contributed by atoms with Gasteiger partial charge in [0.2, 0.25) is 5.91 Å². The molecule has 5 nitrogen and oxygen atoms in total. The third-order valence-corrected chi connectivity index (χ3v) is 5.08. The topological polar surface area (TPSA) is 59.8 Å². The van der Waals surface area contributed by atoms with Crippen LogP contribution in [0.25, 0.3) is 5.69 Å². The molecule has 1 N–H and O–H groups in total. The van der Waals surface area contributed by atoms with Gasteiger partial charge in [0.25, 0.3) is 0 Å². The van der Waals surface area contributed by atoms with Crippen molar-refractivity contribution in [2.24, 2.45) is 0 Å². The number of aryl methyl sites for hydroxylation is 4. The standard InChI is InChI=1S/C20H21FN4OS/c1-12-9-13(2)19(14(3)10-12)22-18(26)11-27-20-24-23-15(4)25(20)17-7-5-16(21)6-8-17/h5-10H,11H2,1-4H3,(H,22,26). The van der Waals surface area contributed by atoms with E-state index in [1.165, 1.54) is 29.5 Å². The first-order valence-corrected chi connectivity index (χ1v) is 9.52. The Morgan fingerprint density at radius 2 is 1.70 bits per heavy atom. The van der Waals surface area contributed by atoms with Crippen LogP contribution in [0.4, 0.5) is 10.1 Å². The summed E-state index contributed by atoms with van der Waals surface area (Å²) in [5.74, 6) is 0.463. The molecule has 0 fully saturated rings. The lowest BCUT2D eigenvalue weighted by Gasteiger charge is -2.13. The second-order valence-electron chi connectivity index (χ2n) is 6.45. The maximum Gasteiger partial charge on any atom is 0.234 e. The third-order valence-electron chi connectivity index (χ3n) is 4.15. The van der Waals surface area contributed by atoms with Gasteiger partial charge in [0.05, 0.1) is 5.75 Å². The number of halogens is 1. The molecule has 0 radical (unpaired) electrons. The highest BCUT2D eigenvalue weighted by atomic mass is 32.2. The minimum absolute atomic E-state index is 0.110. The summed E-state index contributed by atoms with van der Waals surface area (Å²) in [6.45, 7) is 7.82. The van der Waals surface area contributed by atoms with Gasteiger partial charge in [0, 0.05) is 11.4 Å². The van der Waals surface area contributed by atoms with Crippen molar-refractivity contribution in [3.63, 3.8) is 0 Å². The molecule has 0 atom stereocenters. The first-order chi connectivity index (χ1) is 12.8. The number of anilines is 1. The summed E-state index contributed by atoms with van der Waals surface area (Å²) in [6.07, 6.45) is 0. The number of carbonyl (C=O) groups is 1. The van der Waals surface area contributed by atoms with Crippen molar-refractivity contribution in [3.05, 3.63) is 64.7 Å². The Morgan fingerprint density at radius 3 is 2.33 bits per heavy atom. The normalized spacial score (nSPS) is 10.9. The first kappa shape index (κ1) is 19.1. The SMILES string of the molecule is Cc1cc(C)c(NC(=O)CSc2nnc(C)n2-c2ccc(F)cc2)c(C)c1. The molecule has 0 unspecified atom stereocenters. The summed E-state index contributed by atoms with van der Waals surface area (Å²) in [4.78, 5) is 12.4. The number of amides is 1. The highest BCUT2D eigenvalue weighted by Gasteiger charge is 2.14. The Balaban J connectivity index is 1.73. The van der Waals surface area contributed by atoms with Crippen molar-refractivity contribution in [2.75, 3.05) is 11.1 Å². The van der Waals surface area contributed by atoms with Gasteiger partial charge in [-0.25, -0.2) is 4.39 Å². The quantitative estimate of drug-likeness (QED) is 0.664. The minimum Gasteiger partial charge on any atom is -0.325 e. The third kappa shape index (κ3) is 4.36. The summed E-state index contributed by atoms with van der Waals surface area (Å²) in [5.41, 5.74) is 4.85. The Morgan fingerprint density at radius 1 is 1.07 bits per heavy atom. The van der Waals surface area contributed by atoms with E-state index < -0.39 is 0 Å². The van der Waals surface area contributed by atoms with Crippen molar-refractivity contribution >= 4 is 23.4 Å². The van der Waals surface area contributed by atoms with E-state index in [1.807, 2.05) is 39.8 Å². The van der Waals surface area contributed by atoms with E-state index in [0.717, 1.165) is 22.5 Å². The van der Waals surface area contributed by atoms with Crippen LogP contribution in [0, 0.1) is 33.5 Å².